The van der Waals surface area contributed by atoms with Crippen molar-refractivity contribution >= 4 is 16.9 Å². The molecule has 0 aliphatic heterocycles. The Morgan fingerprint density at radius 1 is 1.22 bits per heavy atom. The van der Waals surface area contributed by atoms with Crippen molar-refractivity contribution in [3.05, 3.63) is 12.5 Å². The number of hydrogen-bond donors (Lipinski definition) is 0. The maximum atomic E-state index is 5.19. The van der Waals surface area contributed by atoms with Gasteiger partial charge in [0.15, 0.2) is 11.3 Å². The van der Waals surface area contributed by atoms with Crippen LogP contribution in [0.15, 0.2) is 17.0 Å². The molecule has 0 spiro atoms. The fourth-order valence-corrected chi connectivity index (χ4v) is 1.62. The normalized spacial score (nSPS) is 11.0. The monoisotopic (exact) mass is 252 g/mol. The van der Waals surface area contributed by atoms with Gasteiger partial charge in [-0.15, -0.1) is 0 Å². The third-order valence-electron chi connectivity index (χ3n) is 2.55. The molecule has 7 nitrogen and oxygen atoms in total. The van der Waals surface area contributed by atoms with E-state index < -0.39 is 0 Å². The number of anilines is 1. The molecule has 0 radical (unpaired) electrons. The van der Waals surface area contributed by atoms with Gasteiger partial charge in [0.2, 0.25) is 5.58 Å². The second kappa shape index (κ2) is 6.27. The van der Waals surface area contributed by atoms with Crippen molar-refractivity contribution in [2.24, 2.45) is 0 Å². The highest BCUT2D eigenvalue weighted by Gasteiger charge is 2.16. The Bertz CT molecular complexity index is 480. The molecule has 0 bridgehead atoms. The van der Waals surface area contributed by atoms with E-state index in [9.17, 15) is 0 Å². The van der Waals surface area contributed by atoms with Crippen LogP contribution in [0.2, 0.25) is 0 Å². The van der Waals surface area contributed by atoms with E-state index in [1.807, 2.05) is 4.90 Å². The fraction of sp³-hybridized carbons (Fsp3) is 0.545. The largest absolute Gasteiger partial charge is 0.383 e. The molecule has 98 valence electrons. The first-order valence-electron chi connectivity index (χ1n) is 5.65. The predicted octanol–water partition coefficient (Wildman–Crippen LogP) is 0.717. The molecule has 0 fully saturated rings. The van der Waals surface area contributed by atoms with Crippen LogP contribution in [0, 0.1) is 0 Å². The first-order valence-corrected chi connectivity index (χ1v) is 5.65. The molecule has 2 aromatic rings. The van der Waals surface area contributed by atoms with Gasteiger partial charge in [-0.3, -0.25) is 0 Å². The number of ether oxygens (including phenoxy) is 2. The summed E-state index contributed by atoms with van der Waals surface area (Å²) in [6, 6.07) is 0. The predicted molar refractivity (Wildman–Crippen MR) is 65.6 cm³/mol. The van der Waals surface area contributed by atoms with Crippen molar-refractivity contribution in [1.82, 2.24) is 15.1 Å². The average molecular weight is 252 g/mol. The molecule has 0 atom stereocenters. The molecule has 0 N–H and O–H groups in total. The quantitative estimate of drug-likeness (QED) is 0.718. The Kier molecular flexibility index (Phi) is 4.43. The molecule has 0 aliphatic rings. The van der Waals surface area contributed by atoms with Gasteiger partial charge in [0.25, 0.3) is 0 Å². The number of fused-ring (bicyclic) bond motifs is 1. The van der Waals surface area contributed by atoms with E-state index in [-0.39, 0.29) is 0 Å². The molecular weight excluding hydrogens is 236 g/mol. The minimum Gasteiger partial charge on any atom is -0.383 e. The van der Waals surface area contributed by atoms with Gasteiger partial charge in [-0.2, -0.15) is 0 Å². The molecule has 0 aromatic carbocycles. The molecule has 2 rings (SSSR count). The Hall–Kier alpha value is -1.73. The highest BCUT2D eigenvalue weighted by molar-refractivity contribution is 5.83. The van der Waals surface area contributed by atoms with E-state index in [2.05, 4.69) is 15.1 Å². The maximum absolute atomic E-state index is 5.19. The van der Waals surface area contributed by atoms with Crippen molar-refractivity contribution in [2.75, 3.05) is 45.4 Å². The molecule has 2 aromatic heterocycles. The number of hydrogen-bond acceptors (Lipinski definition) is 7. The summed E-state index contributed by atoms with van der Waals surface area (Å²) >= 11 is 0. The van der Waals surface area contributed by atoms with Gasteiger partial charge in [0, 0.05) is 27.3 Å². The van der Waals surface area contributed by atoms with Crippen molar-refractivity contribution in [3.8, 4) is 0 Å². The van der Waals surface area contributed by atoms with Crippen LogP contribution in [-0.2, 0) is 9.47 Å². The van der Waals surface area contributed by atoms with Gasteiger partial charge < -0.3 is 18.9 Å². The van der Waals surface area contributed by atoms with Crippen LogP contribution >= 0.6 is 0 Å². The van der Waals surface area contributed by atoms with Gasteiger partial charge in [-0.05, 0) is 0 Å². The van der Waals surface area contributed by atoms with Crippen molar-refractivity contribution < 1.29 is 14.0 Å². The summed E-state index contributed by atoms with van der Waals surface area (Å²) in [6.07, 6.45) is 3.08. The van der Waals surface area contributed by atoms with E-state index in [1.165, 1.54) is 6.33 Å². The van der Waals surface area contributed by atoms with E-state index in [4.69, 9.17) is 14.0 Å². The van der Waals surface area contributed by atoms with E-state index in [0.717, 1.165) is 0 Å². The first kappa shape index (κ1) is 12.7. The highest BCUT2D eigenvalue weighted by atomic mass is 16.5. The summed E-state index contributed by atoms with van der Waals surface area (Å²) in [4.78, 5) is 10.1. The Labute approximate surface area is 105 Å². The van der Waals surface area contributed by atoms with Crippen molar-refractivity contribution in [3.63, 3.8) is 0 Å². The fourth-order valence-electron chi connectivity index (χ4n) is 1.62. The molecular formula is C11H16N4O3. The standard InChI is InChI=1S/C11H16N4O3/c1-16-5-3-15(4-6-17-2)11-10-9(18-14-11)7-12-8-13-10/h7-8H,3-6H2,1-2H3. The van der Waals surface area contributed by atoms with Crippen LogP contribution in [-0.4, -0.2) is 55.6 Å². The van der Waals surface area contributed by atoms with Gasteiger partial charge in [0.1, 0.15) is 6.33 Å². The summed E-state index contributed by atoms with van der Waals surface area (Å²) in [7, 11) is 3.33. The van der Waals surface area contributed by atoms with Gasteiger partial charge in [-0.1, -0.05) is 5.16 Å². The molecule has 2 heterocycles. The molecule has 18 heavy (non-hydrogen) atoms. The van der Waals surface area contributed by atoms with Crippen molar-refractivity contribution in [2.45, 2.75) is 0 Å². The molecule has 0 saturated heterocycles. The van der Waals surface area contributed by atoms with Crippen LogP contribution in [0.25, 0.3) is 11.1 Å². The van der Waals surface area contributed by atoms with E-state index in [0.29, 0.717) is 43.2 Å². The summed E-state index contributed by atoms with van der Waals surface area (Å²) in [5.41, 5.74) is 1.28. The highest BCUT2D eigenvalue weighted by Crippen LogP contribution is 2.22. The zero-order valence-corrected chi connectivity index (χ0v) is 10.5. The summed E-state index contributed by atoms with van der Waals surface area (Å²) < 4.78 is 15.4. The molecule has 0 saturated carbocycles. The van der Waals surface area contributed by atoms with Crippen LogP contribution < -0.4 is 4.90 Å². The van der Waals surface area contributed by atoms with Crippen LogP contribution in [0.3, 0.4) is 0 Å². The van der Waals surface area contributed by atoms with Gasteiger partial charge in [-0.25, -0.2) is 9.97 Å². The van der Waals surface area contributed by atoms with Crippen LogP contribution in [0.4, 0.5) is 5.82 Å². The van der Waals surface area contributed by atoms with Crippen molar-refractivity contribution in [1.29, 1.82) is 0 Å². The van der Waals surface area contributed by atoms with Crippen LogP contribution in [0.1, 0.15) is 0 Å². The number of methoxy groups -OCH3 is 2. The number of nitrogens with zero attached hydrogens (tertiary/aromatic N) is 4. The zero-order chi connectivity index (χ0) is 12.8. The third kappa shape index (κ3) is 2.74. The van der Waals surface area contributed by atoms with E-state index in [1.54, 1.807) is 20.4 Å². The summed E-state index contributed by atoms with van der Waals surface area (Å²) in [6.45, 7) is 2.60. The molecule has 0 unspecified atom stereocenters. The number of aromatic nitrogens is 3. The topological polar surface area (TPSA) is 73.5 Å². The van der Waals surface area contributed by atoms with Gasteiger partial charge >= 0.3 is 0 Å². The lowest BCUT2D eigenvalue weighted by atomic mass is 10.4. The zero-order valence-electron chi connectivity index (χ0n) is 10.5. The number of rotatable bonds is 7. The minimum absolute atomic E-state index is 0.576. The average Bonchev–Trinajstić information content (AvgIpc) is 2.83. The van der Waals surface area contributed by atoms with E-state index >= 15 is 0 Å². The Morgan fingerprint density at radius 2 is 1.94 bits per heavy atom. The Morgan fingerprint density at radius 3 is 2.61 bits per heavy atom. The van der Waals surface area contributed by atoms with Crippen LogP contribution in [0.5, 0.6) is 0 Å². The summed E-state index contributed by atoms with van der Waals surface area (Å²) in [5.74, 6) is 0.696. The lowest BCUT2D eigenvalue weighted by Gasteiger charge is -2.20. The minimum atomic E-state index is 0.576. The molecule has 7 heteroatoms. The maximum Gasteiger partial charge on any atom is 0.205 e. The second-order valence-corrected chi connectivity index (χ2v) is 3.71. The van der Waals surface area contributed by atoms with Gasteiger partial charge in [0.05, 0.1) is 19.4 Å². The first-order chi connectivity index (χ1) is 8.86. The molecule has 0 aliphatic carbocycles. The third-order valence-corrected chi connectivity index (χ3v) is 2.55. The SMILES string of the molecule is COCCN(CCOC)c1noc2cncnc12. The molecule has 0 amide bonds. The smallest absolute Gasteiger partial charge is 0.205 e. The Balaban J connectivity index is 2.22. The summed E-state index contributed by atoms with van der Waals surface area (Å²) in [5, 5.41) is 4.04. The second-order valence-electron chi connectivity index (χ2n) is 3.71. The lowest BCUT2D eigenvalue weighted by Crippen LogP contribution is -2.31. The lowest BCUT2D eigenvalue weighted by molar-refractivity contribution is 0.189.